The highest BCUT2D eigenvalue weighted by molar-refractivity contribution is 6.31. The summed E-state index contributed by atoms with van der Waals surface area (Å²) in [6.45, 7) is 6.42. The maximum atomic E-state index is 10.5. The van der Waals surface area contributed by atoms with Crippen LogP contribution in [0.4, 0.5) is 0 Å². The van der Waals surface area contributed by atoms with E-state index >= 15 is 0 Å². The zero-order valence-electron chi connectivity index (χ0n) is 6.62. The minimum absolute atomic E-state index is 0.171. The Labute approximate surface area is 72.8 Å². The monoisotopic (exact) mass is 186 g/mol. The summed E-state index contributed by atoms with van der Waals surface area (Å²) in [6.07, 6.45) is 2.30. The molecule has 0 aliphatic rings. The van der Waals surface area contributed by atoms with Crippen LogP contribution in [0.1, 0.15) is 0 Å². The van der Waals surface area contributed by atoms with Crippen LogP contribution >= 0.6 is 0 Å². The van der Waals surface area contributed by atoms with Crippen molar-refractivity contribution in [3.05, 3.63) is 25.3 Å². The van der Waals surface area contributed by atoms with Crippen LogP contribution in [0, 0.1) is 0 Å². The van der Waals surface area contributed by atoms with Crippen molar-refractivity contribution < 1.29 is 18.8 Å². The number of hydrogen-bond donors (Lipinski definition) is 0. The van der Waals surface area contributed by atoms with Crippen LogP contribution in [0.25, 0.3) is 0 Å². The molecule has 0 fully saturated rings. The van der Waals surface area contributed by atoms with Gasteiger partial charge in [0.2, 0.25) is 0 Å². The average Bonchev–Trinajstić information content (AvgIpc) is 2.11. The van der Waals surface area contributed by atoms with Gasteiger partial charge in [0, 0.05) is 12.2 Å². The normalized spacial score (nSPS) is 9.33. The molecule has 0 bridgehead atoms. The zero-order chi connectivity index (χ0) is 9.40. The third kappa shape index (κ3) is 5.42. The fourth-order valence-electron chi connectivity index (χ4n) is 0.402. The van der Waals surface area contributed by atoms with Crippen LogP contribution in [-0.4, -0.2) is 27.9 Å². The third-order valence-electron chi connectivity index (χ3n) is 0.905. The zero-order valence-corrected chi connectivity index (χ0v) is 8.03. The van der Waals surface area contributed by atoms with Gasteiger partial charge in [0.1, 0.15) is 6.23 Å². The Hall–Kier alpha value is -1.36. The third-order valence-corrected chi connectivity index (χ3v) is 1.76. The van der Waals surface area contributed by atoms with E-state index in [1.54, 1.807) is 0 Å². The summed E-state index contributed by atoms with van der Waals surface area (Å²) in [4.78, 5) is 20.9. The summed E-state index contributed by atoms with van der Waals surface area (Å²) >= 11 is 0. The lowest BCUT2D eigenvalue weighted by molar-refractivity contribution is -0.137. The van der Waals surface area contributed by atoms with Gasteiger partial charge < -0.3 is 9.16 Å². The Morgan fingerprint density at radius 3 is 2.33 bits per heavy atom. The van der Waals surface area contributed by atoms with Crippen molar-refractivity contribution in [1.29, 1.82) is 0 Å². The van der Waals surface area contributed by atoms with E-state index in [0.29, 0.717) is 0 Å². The minimum atomic E-state index is -1.11. The van der Waals surface area contributed by atoms with E-state index < -0.39 is 21.7 Å². The van der Waals surface area contributed by atoms with E-state index in [9.17, 15) is 9.59 Å². The quantitative estimate of drug-likeness (QED) is 0.251. The molecule has 0 saturated heterocycles. The fraction of sp³-hybridized carbons (Fsp3) is 0.143. The molecule has 66 valence electrons. The second kappa shape index (κ2) is 6.35. The molecule has 0 atom stereocenters. The smallest absolute Gasteiger partial charge is 0.329 e. The molecular weight excluding hydrogens is 176 g/mol. The highest BCUT2D eigenvalue weighted by Gasteiger charge is 1.98. The standard InChI is InChI=1S/C7H10O4Si/c1-3-6(8)10-5-12-11-7(9)4-2/h3-4H,1-2,5,12H2. The van der Waals surface area contributed by atoms with Crippen molar-refractivity contribution in [2.45, 2.75) is 0 Å². The fourth-order valence-corrected chi connectivity index (χ4v) is 1.09. The van der Waals surface area contributed by atoms with Crippen molar-refractivity contribution in [2.24, 2.45) is 0 Å². The van der Waals surface area contributed by atoms with Gasteiger partial charge >= 0.3 is 11.9 Å². The van der Waals surface area contributed by atoms with Crippen molar-refractivity contribution in [2.75, 3.05) is 6.23 Å². The van der Waals surface area contributed by atoms with Crippen LogP contribution < -0.4 is 0 Å². The van der Waals surface area contributed by atoms with E-state index in [2.05, 4.69) is 22.3 Å². The molecule has 0 aromatic carbocycles. The molecule has 0 aliphatic carbocycles. The van der Waals surface area contributed by atoms with Gasteiger partial charge in [-0.1, -0.05) is 13.2 Å². The molecule has 5 heteroatoms. The average molecular weight is 186 g/mol. The maximum Gasteiger partial charge on any atom is 0.329 e. The van der Waals surface area contributed by atoms with E-state index in [1.165, 1.54) is 0 Å². The van der Waals surface area contributed by atoms with Gasteiger partial charge in [0.25, 0.3) is 9.76 Å². The number of esters is 1. The first-order valence-electron chi connectivity index (χ1n) is 3.29. The summed E-state index contributed by atoms with van der Waals surface area (Å²) < 4.78 is 9.24. The summed E-state index contributed by atoms with van der Waals surface area (Å²) in [6, 6.07) is 0. The molecule has 0 rings (SSSR count). The molecule has 0 aromatic rings. The number of carbonyl (C=O) groups is 2. The molecule has 0 saturated carbocycles. The van der Waals surface area contributed by atoms with Crippen LogP contribution in [0.2, 0.25) is 0 Å². The molecule has 0 unspecified atom stereocenters. The highest BCUT2D eigenvalue weighted by atomic mass is 28.2. The van der Waals surface area contributed by atoms with E-state index in [-0.39, 0.29) is 6.23 Å². The predicted molar refractivity (Wildman–Crippen MR) is 46.0 cm³/mol. The van der Waals surface area contributed by atoms with Gasteiger partial charge in [-0.3, -0.25) is 0 Å². The Balaban J connectivity index is 3.32. The SMILES string of the molecule is C=CC(=O)OC[SiH2]OC(=O)C=C. The van der Waals surface area contributed by atoms with E-state index in [4.69, 9.17) is 0 Å². The molecule has 0 spiro atoms. The van der Waals surface area contributed by atoms with Crippen LogP contribution in [0.3, 0.4) is 0 Å². The van der Waals surface area contributed by atoms with Crippen LogP contribution in [0.15, 0.2) is 25.3 Å². The van der Waals surface area contributed by atoms with Crippen molar-refractivity contribution >= 4 is 21.7 Å². The molecule has 0 amide bonds. The molecule has 0 radical (unpaired) electrons. The molecule has 0 N–H and O–H groups in total. The second-order valence-corrected chi connectivity index (χ2v) is 2.85. The summed E-state index contributed by atoms with van der Waals surface area (Å²) in [5.41, 5.74) is 0. The Bertz CT molecular complexity index is 178. The first-order valence-corrected chi connectivity index (χ1v) is 4.87. The van der Waals surface area contributed by atoms with Crippen molar-refractivity contribution in [1.82, 2.24) is 0 Å². The lowest BCUT2D eigenvalue weighted by Crippen LogP contribution is -2.14. The Morgan fingerprint density at radius 2 is 1.83 bits per heavy atom. The Morgan fingerprint density at radius 1 is 1.25 bits per heavy atom. The summed E-state index contributed by atoms with van der Waals surface area (Å²) in [5.74, 6) is -0.978. The van der Waals surface area contributed by atoms with Gasteiger partial charge in [-0.25, -0.2) is 9.59 Å². The number of ether oxygens (including phenoxy) is 1. The van der Waals surface area contributed by atoms with Crippen LogP contribution in [-0.2, 0) is 18.8 Å². The van der Waals surface area contributed by atoms with Gasteiger partial charge in [-0.2, -0.15) is 0 Å². The largest absolute Gasteiger partial charge is 0.518 e. The van der Waals surface area contributed by atoms with Gasteiger partial charge in [0.15, 0.2) is 0 Å². The molecule has 0 aliphatic heterocycles. The Kier molecular flexibility index (Phi) is 5.63. The topological polar surface area (TPSA) is 52.6 Å². The van der Waals surface area contributed by atoms with E-state index in [0.717, 1.165) is 12.2 Å². The molecule has 12 heavy (non-hydrogen) atoms. The molecule has 0 aromatic heterocycles. The molecule has 0 heterocycles. The summed E-state index contributed by atoms with van der Waals surface area (Å²) in [5, 5.41) is 0. The number of rotatable bonds is 5. The molecule has 4 nitrogen and oxygen atoms in total. The van der Waals surface area contributed by atoms with Crippen molar-refractivity contribution in [3.63, 3.8) is 0 Å². The number of hydrogen-bond acceptors (Lipinski definition) is 4. The summed E-state index contributed by atoms with van der Waals surface area (Å²) in [7, 11) is -1.11. The van der Waals surface area contributed by atoms with Gasteiger partial charge in [0.05, 0.1) is 0 Å². The first kappa shape index (κ1) is 10.6. The second-order valence-electron chi connectivity index (χ2n) is 1.74. The van der Waals surface area contributed by atoms with Crippen molar-refractivity contribution in [3.8, 4) is 0 Å². The lowest BCUT2D eigenvalue weighted by atomic mass is 10.7. The minimum Gasteiger partial charge on any atom is -0.518 e. The predicted octanol–water partition coefficient (Wildman–Crippen LogP) is -0.514. The maximum absolute atomic E-state index is 10.5. The lowest BCUT2D eigenvalue weighted by Gasteiger charge is -2.01. The van der Waals surface area contributed by atoms with E-state index in [1.807, 2.05) is 0 Å². The van der Waals surface area contributed by atoms with Crippen LogP contribution in [0.5, 0.6) is 0 Å². The van der Waals surface area contributed by atoms with Gasteiger partial charge in [-0.15, -0.1) is 0 Å². The number of carbonyl (C=O) groups excluding carboxylic acids is 2. The molecular formula is C7H10O4Si. The highest BCUT2D eigenvalue weighted by Crippen LogP contribution is 1.80. The first-order chi connectivity index (χ1) is 5.70. The van der Waals surface area contributed by atoms with Gasteiger partial charge in [-0.05, 0) is 0 Å².